The van der Waals surface area contributed by atoms with Crippen molar-refractivity contribution < 1.29 is 4.74 Å². The predicted octanol–water partition coefficient (Wildman–Crippen LogP) is 2.15. The van der Waals surface area contributed by atoms with Gasteiger partial charge in [-0.05, 0) is 37.4 Å². The van der Waals surface area contributed by atoms with Gasteiger partial charge in [-0.25, -0.2) is 0 Å². The van der Waals surface area contributed by atoms with E-state index < -0.39 is 0 Å². The van der Waals surface area contributed by atoms with Crippen LogP contribution in [0.5, 0.6) is 0 Å². The van der Waals surface area contributed by atoms with Gasteiger partial charge in [0.25, 0.3) is 0 Å². The average Bonchev–Trinajstić information content (AvgIpc) is 2.39. The maximum Gasteiger partial charge on any atom is 0.0777 e. The molecular formula is C15H24N2O. The summed E-state index contributed by atoms with van der Waals surface area (Å²) in [6, 6.07) is 8.56. The minimum atomic E-state index is 0.0176. The second kappa shape index (κ2) is 5.83. The minimum Gasteiger partial charge on any atom is -0.377 e. The Kier molecular flexibility index (Phi) is 4.38. The first kappa shape index (κ1) is 13.5. The van der Waals surface area contributed by atoms with Crippen LogP contribution in [-0.4, -0.2) is 30.7 Å². The lowest BCUT2D eigenvalue weighted by molar-refractivity contribution is -0.0527. The molecule has 0 aromatic heterocycles. The monoisotopic (exact) mass is 248 g/mol. The molecule has 0 bridgehead atoms. The van der Waals surface area contributed by atoms with Crippen molar-refractivity contribution >= 4 is 0 Å². The van der Waals surface area contributed by atoms with E-state index in [9.17, 15) is 0 Å². The molecule has 0 radical (unpaired) electrons. The first-order valence-corrected chi connectivity index (χ1v) is 6.70. The van der Waals surface area contributed by atoms with Crippen molar-refractivity contribution in [1.29, 1.82) is 0 Å². The Morgan fingerprint density at radius 2 is 2.17 bits per heavy atom. The van der Waals surface area contributed by atoms with Crippen LogP contribution < -0.4 is 5.73 Å². The quantitative estimate of drug-likeness (QED) is 0.887. The highest BCUT2D eigenvalue weighted by Gasteiger charge is 2.30. The fraction of sp³-hybridized carbons (Fsp3) is 0.600. The summed E-state index contributed by atoms with van der Waals surface area (Å²) in [7, 11) is 1.82. The molecule has 1 unspecified atom stereocenters. The number of likely N-dealkylation sites (tertiary alicyclic amines) is 1. The Labute approximate surface area is 110 Å². The van der Waals surface area contributed by atoms with Crippen LogP contribution in [-0.2, 0) is 17.8 Å². The maximum absolute atomic E-state index is 5.68. The zero-order chi connectivity index (χ0) is 13.0. The third-order valence-corrected chi connectivity index (χ3v) is 3.86. The number of hydrogen-bond donors (Lipinski definition) is 1. The summed E-state index contributed by atoms with van der Waals surface area (Å²) >= 11 is 0. The summed E-state index contributed by atoms with van der Waals surface area (Å²) in [6.07, 6.45) is 2.36. The lowest BCUT2D eigenvalue weighted by atomic mass is 9.94. The Morgan fingerprint density at radius 3 is 2.89 bits per heavy atom. The fourth-order valence-corrected chi connectivity index (χ4v) is 2.72. The minimum absolute atomic E-state index is 0.0176. The van der Waals surface area contributed by atoms with Crippen LogP contribution in [0.2, 0.25) is 0 Å². The van der Waals surface area contributed by atoms with Crippen LogP contribution in [0, 0.1) is 0 Å². The van der Waals surface area contributed by atoms with Crippen molar-refractivity contribution in [3.63, 3.8) is 0 Å². The molecule has 1 aromatic rings. The lowest BCUT2D eigenvalue weighted by Gasteiger charge is -2.39. The van der Waals surface area contributed by atoms with E-state index in [1.54, 1.807) is 0 Å². The van der Waals surface area contributed by atoms with Crippen LogP contribution >= 0.6 is 0 Å². The summed E-state index contributed by atoms with van der Waals surface area (Å²) in [6.45, 7) is 5.98. The second-order valence-corrected chi connectivity index (χ2v) is 5.49. The van der Waals surface area contributed by atoms with Gasteiger partial charge in [0.1, 0.15) is 0 Å². The van der Waals surface area contributed by atoms with Gasteiger partial charge in [0.2, 0.25) is 0 Å². The average molecular weight is 248 g/mol. The standard InChI is InChI=1S/C15H24N2O/c1-15(18-2)7-4-8-17(12-15)11-14-6-3-5-13(9-14)10-16/h3,5-6,9H,4,7-8,10-12,16H2,1-2H3. The van der Waals surface area contributed by atoms with Gasteiger partial charge in [0.05, 0.1) is 5.60 Å². The van der Waals surface area contributed by atoms with Gasteiger partial charge in [-0.3, -0.25) is 4.90 Å². The molecule has 3 heteroatoms. The summed E-state index contributed by atoms with van der Waals surface area (Å²) in [4.78, 5) is 2.47. The van der Waals surface area contributed by atoms with E-state index in [1.165, 1.54) is 17.5 Å². The highest BCUT2D eigenvalue weighted by atomic mass is 16.5. The number of piperidine rings is 1. The molecular weight excluding hydrogens is 224 g/mol. The van der Waals surface area contributed by atoms with Gasteiger partial charge in [-0.15, -0.1) is 0 Å². The number of rotatable bonds is 4. The first-order chi connectivity index (χ1) is 8.65. The predicted molar refractivity (Wildman–Crippen MR) is 74.3 cm³/mol. The molecule has 2 rings (SSSR count). The normalized spacial score (nSPS) is 25.3. The molecule has 100 valence electrons. The lowest BCUT2D eigenvalue weighted by Crippen LogP contribution is -2.46. The van der Waals surface area contributed by atoms with Gasteiger partial charge in [-0.2, -0.15) is 0 Å². The molecule has 1 aliphatic heterocycles. The molecule has 2 N–H and O–H groups in total. The third-order valence-electron chi connectivity index (χ3n) is 3.86. The van der Waals surface area contributed by atoms with Gasteiger partial charge in [-0.1, -0.05) is 24.3 Å². The van der Waals surface area contributed by atoms with Crippen LogP contribution in [0.1, 0.15) is 30.9 Å². The molecule has 0 saturated carbocycles. The van der Waals surface area contributed by atoms with Crippen molar-refractivity contribution in [3.8, 4) is 0 Å². The zero-order valence-electron chi connectivity index (χ0n) is 11.5. The van der Waals surface area contributed by atoms with Crippen LogP contribution in [0.15, 0.2) is 24.3 Å². The van der Waals surface area contributed by atoms with Crippen LogP contribution in [0.25, 0.3) is 0 Å². The van der Waals surface area contributed by atoms with Crippen molar-refractivity contribution in [2.24, 2.45) is 5.73 Å². The molecule has 18 heavy (non-hydrogen) atoms. The van der Waals surface area contributed by atoms with E-state index in [2.05, 4.69) is 36.1 Å². The molecule has 1 atom stereocenters. The maximum atomic E-state index is 5.68. The Hall–Kier alpha value is -0.900. The topological polar surface area (TPSA) is 38.5 Å². The van der Waals surface area contributed by atoms with Crippen molar-refractivity contribution in [2.75, 3.05) is 20.2 Å². The SMILES string of the molecule is COC1(C)CCCN(Cc2cccc(CN)c2)C1. The van der Waals surface area contributed by atoms with E-state index in [-0.39, 0.29) is 5.60 Å². The van der Waals surface area contributed by atoms with Crippen molar-refractivity contribution in [3.05, 3.63) is 35.4 Å². The van der Waals surface area contributed by atoms with Gasteiger partial charge in [0.15, 0.2) is 0 Å². The number of ether oxygens (including phenoxy) is 1. The summed E-state index contributed by atoms with van der Waals surface area (Å²) in [5.74, 6) is 0. The summed E-state index contributed by atoms with van der Waals surface area (Å²) in [5.41, 5.74) is 8.25. The van der Waals surface area contributed by atoms with E-state index in [0.29, 0.717) is 6.54 Å². The summed E-state index contributed by atoms with van der Waals surface area (Å²) < 4.78 is 5.63. The van der Waals surface area contributed by atoms with E-state index in [0.717, 1.165) is 26.1 Å². The number of benzene rings is 1. The molecule has 1 aromatic carbocycles. The number of hydrogen-bond acceptors (Lipinski definition) is 3. The molecule has 0 aliphatic carbocycles. The van der Waals surface area contributed by atoms with E-state index >= 15 is 0 Å². The number of nitrogens with zero attached hydrogens (tertiary/aromatic N) is 1. The second-order valence-electron chi connectivity index (χ2n) is 5.49. The molecule has 1 heterocycles. The van der Waals surface area contributed by atoms with E-state index in [4.69, 9.17) is 10.5 Å². The zero-order valence-corrected chi connectivity index (χ0v) is 11.5. The van der Waals surface area contributed by atoms with Crippen LogP contribution in [0.3, 0.4) is 0 Å². The van der Waals surface area contributed by atoms with Gasteiger partial charge >= 0.3 is 0 Å². The highest BCUT2D eigenvalue weighted by Crippen LogP contribution is 2.25. The Morgan fingerprint density at radius 1 is 1.39 bits per heavy atom. The Balaban J connectivity index is 2.00. The van der Waals surface area contributed by atoms with Crippen LogP contribution in [0.4, 0.5) is 0 Å². The first-order valence-electron chi connectivity index (χ1n) is 6.70. The molecule has 3 nitrogen and oxygen atoms in total. The molecule has 1 fully saturated rings. The number of nitrogens with two attached hydrogens (primary N) is 1. The smallest absolute Gasteiger partial charge is 0.0777 e. The molecule has 0 amide bonds. The summed E-state index contributed by atoms with van der Waals surface area (Å²) in [5, 5.41) is 0. The number of methoxy groups -OCH3 is 1. The molecule has 1 aliphatic rings. The molecule has 1 saturated heterocycles. The van der Waals surface area contributed by atoms with E-state index in [1.807, 2.05) is 7.11 Å². The highest BCUT2D eigenvalue weighted by molar-refractivity contribution is 5.23. The van der Waals surface area contributed by atoms with Crippen molar-refractivity contribution in [2.45, 2.75) is 38.5 Å². The largest absolute Gasteiger partial charge is 0.377 e. The van der Waals surface area contributed by atoms with Gasteiger partial charge < -0.3 is 10.5 Å². The van der Waals surface area contributed by atoms with Crippen molar-refractivity contribution in [1.82, 2.24) is 4.90 Å². The van der Waals surface area contributed by atoms with Gasteiger partial charge in [0, 0.05) is 26.7 Å². The molecule has 0 spiro atoms. The third kappa shape index (κ3) is 3.31. The fourth-order valence-electron chi connectivity index (χ4n) is 2.72. The Bertz CT molecular complexity index is 394.